The fourth-order valence-electron chi connectivity index (χ4n) is 6.92. The minimum atomic E-state index is -1.88. The molecule has 438 valence electrons. The number of hydrogen-bond acceptors (Lipinski definition) is 18. The molecule has 11 atom stereocenters. The zero-order chi connectivity index (χ0) is 59.4. The number of amides is 10. The van der Waals surface area contributed by atoms with Crippen LogP contribution < -0.4 is 70.8 Å². The van der Waals surface area contributed by atoms with E-state index in [0.717, 1.165) is 6.92 Å². The van der Waals surface area contributed by atoms with Gasteiger partial charge in [-0.1, -0.05) is 41.5 Å². The van der Waals surface area contributed by atoms with E-state index >= 15 is 0 Å². The van der Waals surface area contributed by atoms with Crippen LogP contribution in [0.1, 0.15) is 93.4 Å². The van der Waals surface area contributed by atoms with Gasteiger partial charge in [-0.05, 0) is 56.8 Å². The number of carbonyl (C=O) groups is 12. The highest BCUT2D eigenvalue weighted by Crippen LogP contribution is 2.12. The molecule has 0 aromatic heterocycles. The lowest BCUT2D eigenvalue weighted by Crippen LogP contribution is -2.62. The summed E-state index contributed by atoms with van der Waals surface area (Å²) >= 11 is 8.09. The van der Waals surface area contributed by atoms with E-state index in [1.54, 1.807) is 41.5 Å². The van der Waals surface area contributed by atoms with E-state index in [1.807, 2.05) is 0 Å². The van der Waals surface area contributed by atoms with Crippen LogP contribution in [0.15, 0.2) is 4.99 Å². The van der Waals surface area contributed by atoms with Gasteiger partial charge < -0.3 is 91.2 Å². The van der Waals surface area contributed by atoms with Gasteiger partial charge in [0.2, 0.25) is 59.1 Å². The largest absolute Gasteiger partial charge is 0.481 e. The number of aliphatic imine (C=N–C) groups is 1. The van der Waals surface area contributed by atoms with E-state index < -0.39 is 156 Å². The molecule has 0 heterocycles. The summed E-state index contributed by atoms with van der Waals surface area (Å²) < 4.78 is 0. The maximum atomic E-state index is 14.2. The second-order valence-electron chi connectivity index (χ2n) is 19.2. The Bertz CT molecular complexity index is 2080. The lowest BCUT2D eigenvalue weighted by molar-refractivity contribution is -0.143. The number of hydrogen-bond donors (Lipinski definition) is 19. The van der Waals surface area contributed by atoms with Gasteiger partial charge >= 0.3 is 11.9 Å². The topological polar surface area (TPSA) is 510 Å². The van der Waals surface area contributed by atoms with Crippen molar-refractivity contribution in [2.75, 3.05) is 24.7 Å². The number of nitrogens with two attached hydrogens (primary N) is 4. The Kier molecular flexibility index (Phi) is 32.7. The number of carboxylic acids is 2. The summed E-state index contributed by atoms with van der Waals surface area (Å²) in [7, 11) is 0. The van der Waals surface area contributed by atoms with Crippen molar-refractivity contribution in [3.63, 3.8) is 0 Å². The molecule has 10 amide bonds. The second kappa shape index (κ2) is 35.7. The first-order chi connectivity index (χ1) is 35.8. The average molecular weight is 1140 g/mol. The van der Waals surface area contributed by atoms with Gasteiger partial charge in [-0.3, -0.25) is 57.7 Å². The molecule has 0 aliphatic rings. The Morgan fingerprint density at radius 3 is 1.36 bits per heavy atom. The normalized spacial score (nSPS) is 15.5. The third kappa shape index (κ3) is 27.4. The molecule has 0 bridgehead atoms. The van der Waals surface area contributed by atoms with Crippen molar-refractivity contribution < 1.29 is 78.0 Å². The lowest BCUT2D eigenvalue weighted by Gasteiger charge is -2.29. The Morgan fingerprint density at radius 1 is 0.506 bits per heavy atom. The minimum absolute atomic E-state index is 0.0179. The van der Waals surface area contributed by atoms with Crippen LogP contribution in [0.4, 0.5) is 0 Å². The highest BCUT2D eigenvalue weighted by Gasteiger charge is 2.37. The summed E-state index contributed by atoms with van der Waals surface area (Å²) in [4.78, 5) is 160. The zero-order valence-electron chi connectivity index (χ0n) is 44.2. The first-order valence-corrected chi connectivity index (χ1v) is 25.8. The average Bonchev–Trinajstić information content (AvgIpc) is 3.32. The van der Waals surface area contributed by atoms with E-state index in [0.29, 0.717) is 0 Å². The molecule has 32 heteroatoms. The van der Waals surface area contributed by atoms with Gasteiger partial charge in [0.25, 0.3) is 0 Å². The number of primary amides is 1. The van der Waals surface area contributed by atoms with Gasteiger partial charge in [0.05, 0.1) is 25.2 Å². The Balaban J connectivity index is 6.64. The lowest BCUT2D eigenvalue weighted by atomic mass is 10.00. The quantitative estimate of drug-likeness (QED) is 0.0119. The number of aliphatic hydroxyl groups is 2. The van der Waals surface area contributed by atoms with Crippen LogP contribution in [0, 0.1) is 17.8 Å². The van der Waals surface area contributed by atoms with Gasteiger partial charge in [0, 0.05) is 24.5 Å². The summed E-state index contributed by atoms with van der Waals surface area (Å²) in [5, 5.41) is 60.8. The molecule has 0 saturated carbocycles. The van der Waals surface area contributed by atoms with E-state index in [-0.39, 0.29) is 74.4 Å². The number of nitrogens with one attached hydrogen (secondary N) is 9. The molecule has 0 unspecified atom stereocenters. The van der Waals surface area contributed by atoms with Crippen LogP contribution in [0.5, 0.6) is 0 Å². The smallest absolute Gasteiger partial charge is 0.326 e. The number of aliphatic hydroxyl groups excluding tert-OH is 2. The molecule has 0 aromatic rings. The predicted molar refractivity (Wildman–Crippen MR) is 284 cm³/mol. The summed E-state index contributed by atoms with van der Waals surface area (Å²) in [6.07, 6.45) is -3.53. The Labute approximate surface area is 456 Å². The highest BCUT2D eigenvalue weighted by atomic mass is 32.1. The maximum Gasteiger partial charge on any atom is 0.326 e. The predicted octanol–water partition coefficient (Wildman–Crippen LogP) is -6.46. The van der Waals surface area contributed by atoms with Crippen molar-refractivity contribution in [2.24, 2.45) is 45.7 Å². The van der Waals surface area contributed by atoms with Gasteiger partial charge in [-0.2, -0.15) is 25.3 Å². The second-order valence-corrected chi connectivity index (χ2v) is 19.9. The van der Waals surface area contributed by atoms with Gasteiger partial charge in [0.1, 0.15) is 54.4 Å². The number of rotatable bonds is 37. The van der Waals surface area contributed by atoms with Crippen molar-refractivity contribution >= 4 is 102 Å². The number of thiol groups is 2. The van der Waals surface area contributed by atoms with Gasteiger partial charge in [0.15, 0.2) is 5.96 Å². The van der Waals surface area contributed by atoms with Crippen molar-refractivity contribution in [1.82, 2.24) is 47.9 Å². The SMILES string of the molecule is CC(C)C[C@H](NC(=O)[C@H](CCCN=C(N)N)NC(=O)[C@H](CC(C)C)NC(=O)[C@@H](NC(=O)[C@H](CO)NC(=O)[C@H](CC(=O)O)NC(=O)[C@@H](N)CS)[C@@H](C)O)C(=O)N[C@@H](CS)C(=O)N[C@H](C(=O)N[C@@H](CCC(N)=O)C(=O)O)C(C)C. The van der Waals surface area contributed by atoms with Gasteiger partial charge in [-0.25, -0.2) is 4.79 Å². The van der Waals surface area contributed by atoms with Crippen molar-refractivity contribution in [1.29, 1.82) is 0 Å². The van der Waals surface area contributed by atoms with Crippen molar-refractivity contribution in [3.8, 4) is 0 Å². The van der Waals surface area contributed by atoms with E-state index in [1.165, 1.54) is 0 Å². The standard InChI is InChI=1S/C45H80N14O16S2/c1-19(2)13-26(38(68)57-30(18-77)41(71)58-33(21(5)6)42(72)52-25(44(74)75)10-11-31(47)62)54-36(66)24(9-8-12-50-45(48)49)51-37(67)27(14-20(3)4)55-43(73)34(22(7)61)59-40(70)29(16-60)56-39(69)28(15-32(63)64)53-35(65)23(46)17-76/h19-30,33-34,60-61,76-77H,8-18,46H2,1-7H3,(H2,47,62)(H,51,67)(H,52,72)(H,53,65)(H,54,66)(H,55,73)(H,56,69)(H,57,68)(H,58,71)(H,59,70)(H,63,64)(H,74,75)(H4,48,49,50)/t22-,23+,24+,25+,26+,27+,28+,29+,30+,33+,34+/m1/s1. The molecule has 0 aliphatic carbocycles. The number of carbonyl (C=O) groups excluding carboxylic acids is 10. The summed E-state index contributed by atoms with van der Waals surface area (Å²) in [5.74, 6) is -14.9. The number of nitrogens with zero attached hydrogens (tertiary/aromatic N) is 1. The number of guanidine groups is 1. The van der Waals surface area contributed by atoms with E-state index in [4.69, 9.17) is 22.9 Å². The minimum Gasteiger partial charge on any atom is -0.481 e. The molecule has 0 aliphatic heterocycles. The van der Waals surface area contributed by atoms with Crippen molar-refractivity contribution in [2.45, 2.75) is 160 Å². The van der Waals surface area contributed by atoms with Crippen LogP contribution in [-0.4, -0.2) is 189 Å². The Morgan fingerprint density at radius 2 is 0.922 bits per heavy atom. The number of aliphatic carboxylic acids is 2. The van der Waals surface area contributed by atoms with Gasteiger partial charge in [-0.15, -0.1) is 0 Å². The third-order valence-electron chi connectivity index (χ3n) is 11.0. The van der Waals surface area contributed by atoms with E-state index in [2.05, 4.69) is 78.1 Å². The Hall–Kier alpha value is -6.51. The first kappa shape index (κ1) is 70.5. The third-order valence-corrected chi connectivity index (χ3v) is 11.8. The summed E-state index contributed by atoms with van der Waals surface area (Å²) in [5.41, 5.74) is 21.7. The monoisotopic (exact) mass is 1140 g/mol. The molecule has 30 nitrogen and oxygen atoms in total. The van der Waals surface area contributed by atoms with Crippen LogP contribution in [0.3, 0.4) is 0 Å². The molecule has 0 saturated heterocycles. The van der Waals surface area contributed by atoms with Crippen LogP contribution in [0.25, 0.3) is 0 Å². The summed E-state index contributed by atoms with van der Waals surface area (Å²) in [6.45, 7) is 9.92. The van der Waals surface area contributed by atoms with Crippen molar-refractivity contribution in [3.05, 3.63) is 0 Å². The molecule has 0 spiro atoms. The molecule has 0 rings (SSSR count). The zero-order valence-corrected chi connectivity index (χ0v) is 46.0. The first-order valence-electron chi connectivity index (χ1n) is 24.6. The molecule has 77 heavy (non-hydrogen) atoms. The number of carboxylic acid groups (broad SMARTS) is 2. The molecular formula is C45H80N14O16S2. The highest BCUT2D eigenvalue weighted by molar-refractivity contribution is 7.80. The van der Waals surface area contributed by atoms with Crippen LogP contribution >= 0.6 is 25.3 Å². The molecular weight excluding hydrogens is 1060 g/mol. The maximum absolute atomic E-state index is 14.2. The van der Waals surface area contributed by atoms with Crippen LogP contribution in [0.2, 0.25) is 0 Å². The van der Waals surface area contributed by atoms with E-state index in [9.17, 15) is 78.0 Å². The fourth-order valence-corrected chi connectivity index (χ4v) is 7.34. The van der Waals surface area contributed by atoms with Crippen LogP contribution in [-0.2, 0) is 57.5 Å². The fraction of sp³-hybridized carbons (Fsp3) is 0.711. The molecule has 21 N–H and O–H groups in total. The summed E-state index contributed by atoms with van der Waals surface area (Å²) in [6, 6.07) is -15.3. The molecule has 0 radical (unpaired) electrons. The molecule has 0 fully saturated rings. The molecule has 0 aromatic carbocycles.